The van der Waals surface area contributed by atoms with Gasteiger partial charge in [0.25, 0.3) is 0 Å². The predicted octanol–water partition coefficient (Wildman–Crippen LogP) is 0.850. The van der Waals surface area contributed by atoms with Crippen molar-refractivity contribution in [3.05, 3.63) is 0 Å². The predicted molar refractivity (Wildman–Crippen MR) is 68.0 cm³/mol. The summed E-state index contributed by atoms with van der Waals surface area (Å²) in [6, 6.07) is 0.661. The molecular formula is C13H26N2O2. The first kappa shape index (κ1) is 13.3. The minimum atomic E-state index is 0.226. The Morgan fingerprint density at radius 2 is 2.12 bits per heavy atom. The van der Waals surface area contributed by atoms with Crippen molar-refractivity contribution in [2.24, 2.45) is 11.7 Å². The average molecular weight is 242 g/mol. The van der Waals surface area contributed by atoms with Crippen molar-refractivity contribution in [1.29, 1.82) is 0 Å². The summed E-state index contributed by atoms with van der Waals surface area (Å²) >= 11 is 0. The van der Waals surface area contributed by atoms with Gasteiger partial charge in [-0.1, -0.05) is 13.8 Å². The van der Waals surface area contributed by atoms with Crippen LogP contribution in [0.15, 0.2) is 0 Å². The van der Waals surface area contributed by atoms with Gasteiger partial charge in [0.15, 0.2) is 0 Å². The molecule has 0 aromatic carbocycles. The fourth-order valence-corrected chi connectivity index (χ4v) is 2.82. The van der Waals surface area contributed by atoms with Gasteiger partial charge in [-0.15, -0.1) is 0 Å². The number of nitrogens with two attached hydrogens (primary N) is 1. The maximum atomic E-state index is 5.83. The van der Waals surface area contributed by atoms with Crippen molar-refractivity contribution < 1.29 is 9.47 Å². The maximum absolute atomic E-state index is 5.83. The number of nitrogens with zero attached hydrogens (tertiary/aromatic N) is 1. The Labute approximate surface area is 104 Å². The Hall–Kier alpha value is -0.160. The van der Waals surface area contributed by atoms with Crippen molar-refractivity contribution in [2.75, 3.05) is 32.8 Å². The van der Waals surface area contributed by atoms with Gasteiger partial charge >= 0.3 is 0 Å². The lowest BCUT2D eigenvalue weighted by atomic mass is 9.94. The van der Waals surface area contributed by atoms with Crippen molar-refractivity contribution in [3.63, 3.8) is 0 Å². The SMILES string of the molecule is CC(C)C1CC(N2CCOC(CN)C2)CCO1. The average Bonchev–Trinajstić information content (AvgIpc) is 2.39. The van der Waals surface area contributed by atoms with Gasteiger partial charge in [-0.05, 0) is 18.8 Å². The van der Waals surface area contributed by atoms with E-state index in [-0.39, 0.29) is 6.10 Å². The van der Waals surface area contributed by atoms with E-state index in [1.54, 1.807) is 0 Å². The molecule has 4 heteroatoms. The fraction of sp³-hybridized carbons (Fsp3) is 1.00. The van der Waals surface area contributed by atoms with Gasteiger partial charge in [-0.3, -0.25) is 4.90 Å². The fourth-order valence-electron chi connectivity index (χ4n) is 2.82. The van der Waals surface area contributed by atoms with Gasteiger partial charge in [-0.25, -0.2) is 0 Å². The van der Waals surface area contributed by atoms with Gasteiger partial charge in [-0.2, -0.15) is 0 Å². The highest BCUT2D eigenvalue weighted by molar-refractivity contribution is 4.84. The molecule has 0 saturated carbocycles. The second-order valence-electron chi connectivity index (χ2n) is 5.55. The number of hydrogen-bond acceptors (Lipinski definition) is 4. The quantitative estimate of drug-likeness (QED) is 0.797. The smallest absolute Gasteiger partial charge is 0.0824 e. The lowest BCUT2D eigenvalue weighted by molar-refractivity contribution is -0.0852. The van der Waals surface area contributed by atoms with E-state index in [0.29, 0.717) is 24.6 Å². The molecule has 0 bridgehead atoms. The molecule has 0 amide bonds. The number of rotatable bonds is 3. The standard InChI is InChI=1S/C13H26N2O2/c1-10(2)13-7-11(3-5-17-13)15-4-6-16-12(8-14)9-15/h10-13H,3-9,14H2,1-2H3. The number of ether oxygens (including phenoxy) is 2. The summed E-state index contributed by atoms with van der Waals surface area (Å²) in [6.07, 6.45) is 2.96. The molecule has 17 heavy (non-hydrogen) atoms. The van der Waals surface area contributed by atoms with Crippen LogP contribution in [-0.4, -0.2) is 56.0 Å². The highest BCUT2D eigenvalue weighted by atomic mass is 16.5. The van der Waals surface area contributed by atoms with Gasteiger partial charge < -0.3 is 15.2 Å². The zero-order valence-electron chi connectivity index (χ0n) is 11.1. The summed E-state index contributed by atoms with van der Waals surface area (Å²) in [5, 5.41) is 0. The minimum Gasteiger partial charge on any atom is -0.378 e. The van der Waals surface area contributed by atoms with Crippen LogP contribution in [0.25, 0.3) is 0 Å². The highest BCUT2D eigenvalue weighted by Gasteiger charge is 2.31. The molecular weight excluding hydrogens is 216 g/mol. The van der Waals surface area contributed by atoms with E-state index in [1.807, 2.05) is 0 Å². The second-order valence-corrected chi connectivity index (χ2v) is 5.55. The van der Waals surface area contributed by atoms with E-state index >= 15 is 0 Å². The van der Waals surface area contributed by atoms with Crippen LogP contribution in [0.1, 0.15) is 26.7 Å². The molecule has 0 spiro atoms. The van der Waals surface area contributed by atoms with Crippen LogP contribution in [0.4, 0.5) is 0 Å². The largest absolute Gasteiger partial charge is 0.378 e. The lowest BCUT2D eigenvalue weighted by Gasteiger charge is -2.42. The van der Waals surface area contributed by atoms with Crippen molar-refractivity contribution in [3.8, 4) is 0 Å². The van der Waals surface area contributed by atoms with E-state index in [2.05, 4.69) is 18.7 Å². The molecule has 2 rings (SSSR count). The molecule has 2 aliphatic rings. The first-order chi connectivity index (χ1) is 8.20. The third-order valence-corrected chi connectivity index (χ3v) is 3.98. The van der Waals surface area contributed by atoms with Gasteiger partial charge in [0, 0.05) is 32.3 Å². The molecule has 0 radical (unpaired) electrons. The molecule has 2 heterocycles. The molecule has 0 aromatic heterocycles. The first-order valence-electron chi connectivity index (χ1n) is 6.88. The molecule has 100 valence electrons. The monoisotopic (exact) mass is 242 g/mol. The van der Waals surface area contributed by atoms with Crippen LogP contribution in [0, 0.1) is 5.92 Å². The first-order valence-corrected chi connectivity index (χ1v) is 6.88. The van der Waals surface area contributed by atoms with E-state index in [1.165, 1.54) is 0 Å². The summed E-state index contributed by atoms with van der Waals surface area (Å²) in [5.41, 5.74) is 5.69. The summed E-state index contributed by atoms with van der Waals surface area (Å²) in [7, 11) is 0. The Balaban J connectivity index is 1.88. The van der Waals surface area contributed by atoms with Crippen molar-refractivity contribution in [1.82, 2.24) is 4.90 Å². The summed E-state index contributed by atoms with van der Waals surface area (Å²) in [5.74, 6) is 0.615. The van der Waals surface area contributed by atoms with Crippen LogP contribution in [0.3, 0.4) is 0 Å². The Kier molecular flexibility index (Phi) is 4.79. The molecule has 3 atom stereocenters. The van der Waals surface area contributed by atoms with E-state index in [0.717, 1.165) is 39.1 Å². The van der Waals surface area contributed by atoms with Gasteiger partial charge in [0.2, 0.25) is 0 Å². The molecule has 2 N–H and O–H groups in total. The van der Waals surface area contributed by atoms with E-state index in [4.69, 9.17) is 15.2 Å². The normalized spacial score (nSPS) is 36.4. The van der Waals surface area contributed by atoms with Gasteiger partial charge in [0.05, 0.1) is 18.8 Å². The summed E-state index contributed by atoms with van der Waals surface area (Å²) in [6.45, 7) is 8.89. The molecule has 0 aliphatic carbocycles. The van der Waals surface area contributed by atoms with Crippen molar-refractivity contribution >= 4 is 0 Å². The van der Waals surface area contributed by atoms with Crippen LogP contribution >= 0.6 is 0 Å². The molecule has 2 aliphatic heterocycles. The van der Waals surface area contributed by atoms with Crippen molar-refractivity contribution in [2.45, 2.75) is 44.9 Å². The third-order valence-electron chi connectivity index (χ3n) is 3.98. The van der Waals surface area contributed by atoms with E-state index < -0.39 is 0 Å². The third kappa shape index (κ3) is 3.41. The Bertz CT molecular complexity index is 235. The second kappa shape index (κ2) is 6.14. The Morgan fingerprint density at radius 3 is 2.82 bits per heavy atom. The zero-order valence-corrected chi connectivity index (χ0v) is 11.1. The van der Waals surface area contributed by atoms with Crippen LogP contribution in [-0.2, 0) is 9.47 Å². The minimum absolute atomic E-state index is 0.226. The highest BCUT2D eigenvalue weighted by Crippen LogP contribution is 2.25. The van der Waals surface area contributed by atoms with Gasteiger partial charge in [0.1, 0.15) is 0 Å². The summed E-state index contributed by atoms with van der Waals surface area (Å²) < 4.78 is 11.5. The topological polar surface area (TPSA) is 47.7 Å². The Morgan fingerprint density at radius 1 is 1.29 bits per heavy atom. The molecule has 3 unspecified atom stereocenters. The maximum Gasteiger partial charge on any atom is 0.0824 e. The number of morpholine rings is 1. The molecule has 2 fully saturated rings. The number of hydrogen-bond donors (Lipinski definition) is 1. The molecule has 2 saturated heterocycles. The lowest BCUT2D eigenvalue weighted by Crippen LogP contribution is -2.52. The molecule has 0 aromatic rings. The zero-order chi connectivity index (χ0) is 12.3. The van der Waals surface area contributed by atoms with Crippen LogP contribution < -0.4 is 5.73 Å². The van der Waals surface area contributed by atoms with E-state index in [9.17, 15) is 0 Å². The summed E-state index contributed by atoms with van der Waals surface area (Å²) in [4.78, 5) is 2.55. The van der Waals surface area contributed by atoms with Crippen LogP contribution in [0.5, 0.6) is 0 Å². The van der Waals surface area contributed by atoms with Crippen LogP contribution in [0.2, 0.25) is 0 Å². The molecule has 4 nitrogen and oxygen atoms in total.